The standard InChI is InChI=1S/C7H11N/c1-4-7(5-8)6(2)3/h7H,2,4H2,1,3H3. The van der Waals surface area contributed by atoms with Gasteiger partial charge in [0.1, 0.15) is 0 Å². The minimum absolute atomic E-state index is 0.0648. The van der Waals surface area contributed by atoms with Gasteiger partial charge in [-0.25, -0.2) is 0 Å². The van der Waals surface area contributed by atoms with Crippen molar-refractivity contribution in [1.82, 2.24) is 0 Å². The summed E-state index contributed by atoms with van der Waals surface area (Å²) in [4.78, 5) is 0. The average Bonchev–Trinajstić information content (AvgIpc) is 1.69. The minimum Gasteiger partial charge on any atom is -0.198 e. The Balaban J connectivity index is 3.76. The van der Waals surface area contributed by atoms with Crippen molar-refractivity contribution in [3.8, 4) is 6.07 Å². The lowest BCUT2D eigenvalue weighted by Crippen LogP contribution is -1.93. The molecule has 1 nitrogen and oxygen atoms in total. The van der Waals surface area contributed by atoms with Crippen molar-refractivity contribution < 1.29 is 0 Å². The molecule has 1 atom stereocenters. The van der Waals surface area contributed by atoms with Gasteiger partial charge in [0, 0.05) is 0 Å². The van der Waals surface area contributed by atoms with Crippen molar-refractivity contribution in [2.24, 2.45) is 5.92 Å². The second kappa shape index (κ2) is 3.26. The van der Waals surface area contributed by atoms with Gasteiger partial charge in [-0.3, -0.25) is 0 Å². The number of nitrogens with zero attached hydrogens (tertiary/aromatic N) is 1. The third-order valence-electron chi connectivity index (χ3n) is 1.16. The van der Waals surface area contributed by atoms with Crippen molar-refractivity contribution in [2.45, 2.75) is 20.3 Å². The van der Waals surface area contributed by atoms with Crippen molar-refractivity contribution >= 4 is 0 Å². The zero-order valence-corrected chi connectivity index (χ0v) is 5.44. The molecule has 0 aromatic carbocycles. The molecule has 0 amide bonds. The third kappa shape index (κ3) is 1.79. The normalized spacial score (nSPS) is 12.1. The molecule has 0 heterocycles. The number of allylic oxidation sites excluding steroid dienone is 1. The lowest BCUT2D eigenvalue weighted by Gasteiger charge is -2.00. The summed E-state index contributed by atoms with van der Waals surface area (Å²) in [6, 6.07) is 2.15. The van der Waals surface area contributed by atoms with Crippen molar-refractivity contribution in [3.63, 3.8) is 0 Å². The molecule has 44 valence electrons. The van der Waals surface area contributed by atoms with Crippen LogP contribution in [-0.2, 0) is 0 Å². The highest BCUT2D eigenvalue weighted by atomic mass is 14.3. The van der Waals surface area contributed by atoms with Gasteiger partial charge >= 0.3 is 0 Å². The monoisotopic (exact) mass is 109 g/mol. The van der Waals surface area contributed by atoms with Gasteiger partial charge in [-0.05, 0) is 13.3 Å². The molecule has 0 aliphatic carbocycles. The Bertz CT molecular complexity index is 119. The molecule has 0 aliphatic heterocycles. The van der Waals surface area contributed by atoms with Crippen LogP contribution in [0.5, 0.6) is 0 Å². The molecule has 0 aromatic rings. The molecule has 0 saturated heterocycles. The van der Waals surface area contributed by atoms with E-state index in [1.807, 2.05) is 13.8 Å². The van der Waals surface area contributed by atoms with Crippen molar-refractivity contribution in [3.05, 3.63) is 12.2 Å². The molecular weight excluding hydrogens is 98.1 g/mol. The molecule has 1 unspecified atom stereocenters. The zero-order chi connectivity index (χ0) is 6.57. The lowest BCUT2D eigenvalue weighted by atomic mass is 10.0. The van der Waals surface area contributed by atoms with Gasteiger partial charge in [0.15, 0.2) is 0 Å². The molecule has 0 aliphatic rings. The van der Waals surface area contributed by atoms with Crippen molar-refractivity contribution in [1.29, 1.82) is 5.26 Å². The average molecular weight is 109 g/mol. The molecule has 0 aromatic heterocycles. The van der Waals surface area contributed by atoms with E-state index in [0.717, 1.165) is 12.0 Å². The van der Waals surface area contributed by atoms with E-state index in [2.05, 4.69) is 12.6 Å². The topological polar surface area (TPSA) is 23.8 Å². The van der Waals surface area contributed by atoms with Crippen molar-refractivity contribution in [2.75, 3.05) is 0 Å². The Morgan fingerprint density at radius 2 is 2.38 bits per heavy atom. The Labute approximate surface area is 50.6 Å². The fraction of sp³-hybridized carbons (Fsp3) is 0.571. The highest BCUT2D eigenvalue weighted by Gasteiger charge is 2.01. The molecule has 0 fully saturated rings. The summed E-state index contributed by atoms with van der Waals surface area (Å²) in [5, 5.41) is 8.39. The fourth-order valence-corrected chi connectivity index (χ4v) is 0.550. The first-order valence-electron chi connectivity index (χ1n) is 2.77. The smallest absolute Gasteiger partial charge is 0.0700 e. The number of rotatable bonds is 2. The Hall–Kier alpha value is -0.770. The van der Waals surface area contributed by atoms with E-state index in [0.29, 0.717) is 0 Å². The van der Waals surface area contributed by atoms with Crippen LogP contribution in [0.3, 0.4) is 0 Å². The summed E-state index contributed by atoms with van der Waals surface area (Å²) in [6.45, 7) is 7.55. The summed E-state index contributed by atoms with van der Waals surface area (Å²) >= 11 is 0. The largest absolute Gasteiger partial charge is 0.198 e. The lowest BCUT2D eigenvalue weighted by molar-refractivity contribution is 0.744. The van der Waals surface area contributed by atoms with Crippen LogP contribution in [-0.4, -0.2) is 0 Å². The van der Waals surface area contributed by atoms with Gasteiger partial charge in [0.05, 0.1) is 12.0 Å². The van der Waals surface area contributed by atoms with E-state index in [1.165, 1.54) is 0 Å². The van der Waals surface area contributed by atoms with Crippen LogP contribution in [0, 0.1) is 17.2 Å². The zero-order valence-electron chi connectivity index (χ0n) is 5.44. The number of hydrogen-bond acceptors (Lipinski definition) is 1. The highest BCUT2D eigenvalue weighted by molar-refractivity contribution is 5.06. The minimum atomic E-state index is 0.0648. The highest BCUT2D eigenvalue weighted by Crippen LogP contribution is 2.09. The third-order valence-corrected chi connectivity index (χ3v) is 1.16. The van der Waals surface area contributed by atoms with E-state index in [4.69, 9.17) is 5.26 Å². The quantitative estimate of drug-likeness (QED) is 0.498. The molecule has 8 heavy (non-hydrogen) atoms. The molecule has 1 heteroatoms. The summed E-state index contributed by atoms with van der Waals surface area (Å²) in [7, 11) is 0. The molecule has 0 saturated carbocycles. The van der Waals surface area contributed by atoms with Gasteiger partial charge < -0.3 is 0 Å². The number of hydrogen-bond donors (Lipinski definition) is 0. The van der Waals surface area contributed by atoms with E-state index >= 15 is 0 Å². The molecule has 0 bridgehead atoms. The molecule has 0 rings (SSSR count). The van der Waals surface area contributed by atoms with E-state index < -0.39 is 0 Å². The molecule has 0 spiro atoms. The maximum absolute atomic E-state index is 8.39. The predicted molar refractivity (Wildman–Crippen MR) is 34.2 cm³/mol. The van der Waals surface area contributed by atoms with Crippen LogP contribution in [0.25, 0.3) is 0 Å². The molecular formula is C7H11N. The summed E-state index contributed by atoms with van der Waals surface area (Å²) in [6.07, 6.45) is 0.881. The first-order chi connectivity index (χ1) is 3.72. The van der Waals surface area contributed by atoms with Crippen LogP contribution in [0.1, 0.15) is 20.3 Å². The van der Waals surface area contributed by atoms with Crippen LogP contribution >= 0.6 is 0 Å². The van der Waals surface area contributed by atoms with E-state index in [1.54, 1.807) is 0 Å². The molecule has 0 radical (unpaired) electrons. The second-order valence-electron chi connectivity index (χ2n) is 1.94. The first-order valence-corrected chi connectivity index (χ1v) is 2.77. The molecule has 0 N–H and O–H groups in total. The first kappa shape index (κ1) is 7.23. The van der Waals surface area contributed by atoms with Gasteiger partial charge in [-0.2, -0.15) is 5.26 Å². The Kier molecular flexibility index (Phi) is 2.95. The number of nitriles is 1. The maximum atomic E-state index is 8.39. The SMILES string of the molecule is C=C(C)C(C#N)CC. The van der Waals surface area contributed by atoms with Gasteiger partial charge in [-0.1, -0.05) is 19.1 Å². The van der Waals surface area contributed by atoms with Crippen LogP contribution < -0.4 is 0 Å². The summed E-state index contributed by atoms with van der Waals surface area (Å²) < 4.78 is 0. The van der Waals surface area contributed by atoms with Gasteiger partial charge in [0.25, 0.3) is 0 Å². The Morgan fingerprint density at radius 3 is 2.38 bits per heavy atom. The van der Waals surface area contributed by atoms with Crippen LogP contribution in [0.15, 0.2) is 12.2 Å². The van der Waals surface area contributed by atoms with Gasteiger partial charge in [-0.15, -0.1) is 0 Å². The van der Waals surface area contributed by atoms with Crippen LogP contribution in [0.4, 0.5) is 0 Å². The van der Waals surface area contributed by atoms with Gasteiger partial charge in [0.2, 0.25) is 0 Å². The maximum Gasteiger partial charge on any atom is 0.0700 e. The Morgan fingerprint density at radius 1 is 1.88 bits per heavy atom. The summed E-state index contributed by atoms with van der Waals surface area (Å²) in [5.41, 5.74) is 0.968. The summed E-state index contributed by atoms with van der Waals surface area (Å²) in [5.74, 6) is 0.0648. The second-order valence-corrected chi connectivity index (χ2v) is 1.94. The van der Waals surface area contributed by atoms with Crippen LogP contribution in [0.2, 0.25) is 0 Å². The predicted octanol–water partition coefficient (Wildman–Crippen LogP) is 2.11. The van der Waals surface area contributed by atoms with E-state index in [9.17, 15) is 0 Å². The fourth-order valence-electron chi connectivity index (χ4n) is 0.550. The van der Waals surface area contributed by atoms with E-state index in [-0.39, 0.29) is 5.92 Å².